The monoisotopic (exact) mass is 537 g/mol. The highest BCUT2D eigenvalue weighted by molar-refractivity contribution is 7.92. The van der Waals surface area contributed by atoms with Gasteiger partial charge in [0.1, 0.15) is 18.3 Å². The minimum Gasteiger partial charge on any atom is -0.497 e. The topological polar surface area (TPSA) is 96.0 Å². The van der Waals surface area contributed by atoms with E-state index in [0.29, 0.717) is 17.9 Å². The van der Waals surface area contributed by atoms with E-state index in [1.165, 1.54) is 24.1 Å². The maximum absolute atomic E-state index is 13.8. The van der Waals surface area contributed by atoms with Crippen LogP contribution in [0.5, 0.6) is 5.75 Å². The van der Waals surface area contributed by atoms with Crippen LogP contribution in [0.25, 0.3) is 0 Å². The first-order valence-electron chi connectivity index (χ1n) is 12.5. The van der Waals surface area contributed by atoms with E-state index in [1.807, 2.05) is 44.2 Å². The van der Waals surface area contributed by atoms with Crippen LogP contribution in [0.1, 0.15) is 26.3 Å². The molecule has 0 heterocycles. The molecule has 0 saturated carbocycles. The van der Waals surface area contributed by atoms with Crippen molar-refractivity contribution in [2.45, 2.75) is 44.2 Å². The van der Waals surface area contributed by atoms with E-state index in [-0.39, 0.29) is 23.4 Å². The molecule has 0 aliphatic heterocycles. The fraction of sp³-hybridized carbons (Fsp3) is 0.310. The van der Waals surface area contributed by atoms with Crippen molar-refractivity contribution in [3.8, 4) is 5.75 Å². The quantitative estimate of drug-likeness (QED) is 0.378. The molecule has 2 amide bonds. The molecule has 9 heteroatoms. The van der Waals surface area contributed by atoms with Gasteiger partial charge in [-0.3, -0.25) is 13.9 Å². The lowest BCUT2D eigenvalue weighted by atomic mass is 10.1. The Morgan fingerprint density at radius 2 is 1.45 bits per heavy atom. The summed E-state index contributed by atoms with van der Waals surface area (Å²) in [6.45, 7) is 5.12. The average Bonchev–Trinajstić information content (AvgIpc) is 2.92. The smallest absolute Gasteiger partial charge is 0.264 e. The number of hydrogen-bond donors (Lipinski definition) is 1. The van der Waals surface area contributed by atoms with Gasteiger partial charge in [-0.15, -0.1) is 0 Å². The van der Waals surface area contributed by atoms with Gasteiger partial charge in [-0.2, -0.15) is 0 Å². The second kappa shape index (κ2) is 13.1. The highest BCUT2D eigenvalue weighted by Crippen LogP contribution is 2.26. The van der Waals surface area contributed by atoms with Gasteiger partial charge in [0.25, 0.3) is 10.0 Å². The van der Waals surface area contributed by atoms with Crippen molar-refractivity contribution in [2.75, 3.05) is 24.5 Å². The minimum atomic E-state index is -4.09. The van der Waals surface area contributed by atoms with Crippen LogP contribution >= 0.6 is 0 Å². The van der Waals surface area contributed by atoms with E-state index in [9.17, 15) is 18.0 Å². The van der Waals surface area contributed by atoms with Crippen LogP contribution in [0.3, 0.4) is 0 Å². The molecule has 0 fully saturated rings. The van der Waals surface area contributed by atoms with Crippen molar-refractivity contribution in [1.29, 1.82) is 0 Å². The number of methoxy groups -OCH3 is 1. The van der Waals surface area contributed by atoms with E-state index >= 15 is 0 Å². The summed E-state index contributed by atoms with van der Waals surface area (Å²) in [6.07, 6.45) is 0.514. The van der Waals surface area contributed by atoms with Crippen molar-refractivity contribution in [1.82, 2.24) is 10.2 Å². The Morgan fingerprint density at radius 3 is 2.00 bits per heavy atom. The van der Waals surface area contributed by atoms with Gasteiger partial charge >= 0.3 is 0 Å². The third-order valence-corrected chi connectivity index (χ3v) is 7.84. The molecular weight excluding hydrogens is 502 g/mol. The summed E-state index contributed by atoms with van der Waals surface area (Å²) >= 11 is 0. The summed E-state index contributed by atoms with van der Waals surface area (Å²) in [7, 11) is -2.57. The molecule has 0 unspecified atom stereocenters. The number of carbonyl (C=O) groups is 2. The Morgan fingerprint density at radius 1 is 0.868 bits per heavy atom. The van der Waals surface area contributed by atoms with E-state index in [0.717, 1.165) is 9.87 Å². The lowest BCUT2D eigenvalue weighted by Crippen LogP contribution is -2.53. The van der Waals surface area contributed by atoms with Gasteiger partial charge in [-0.05, 0) is 69.2 Å². The van der Waals surface area contributed by atoms with Gasteiger partial charge in [-0.25, -0.2) is 8.42 Å². The highest BCUT2D eigenvalue weighted by Gasteiger charge is 2.32. The molecular formula is C29H35N3O5S. The Labute approximate surface area is 225 Å². The SMILES string of the molecule is COc1ccc(N(CC(=O)N(CCc2ccccc2)[C@@H](C)C(=O)NC(C)C)S(=O)(=O)c2ccccc2)cc1. The van der Waals surface area contributed by atoms with Crippen LogP contribution in [0.4, 0.5) is 5.69 Å². The molecule has 0 radical (unpaired) electrons. The summed E-state index contributed by atoms with van der Waals surface area (Å²) in [5.74, 6) is -0.230. The number of ether oxygens (including phenoxy) is 1. The highest BCUT2D eigenvalue weighted by atomic mass is 32.2. The van der Waals surface area contributed by atoms with E-state index in [1.54, 1.807) is 49.4 Å². The normalized spacial score (nSPS) is 12.0. The molecule has 3 aromatic carbocycles. The summed E-state index contributed by atoms with van der Waals surface area (Å²) in [5.41, 5.74) is 1.32. The van der Waals surface area contributed by atoms with Crippen molar-refractivity contribution in [2.24, 2.45) is 0 Å². The number of amides is 2. The van der Waals surface area contributed by atoms with Gasteiger partial charge in [0, 0.05) is 12.6 Å². The summed E-state index contributed by atoms with van der Waals surface area (Å²) in [5, 5.41) is 2.85. The van der Waals surface area contributed by atoms with Gasteiger partial charge in [0.05, 0.1) is 17.7 Å². The zero-order valence-electron chi connectivity index (χ0n) is 22.2. The Balaban J connectivity index is 1.96. The standard InChI is InChI=1S/C29H35N3O5S/c1-22(2)30-29(34)23(3)31(20-19-24-11-7-5-8-12-24)28(33)21-32(25-15-17-26(37-4)18-16-25)38(35,36)27-13-9-6-10-14-27/h5-18,22-23H,19-21H2,1-4H3,(H,30,34)/t23-/m0/s1. The van der Waals surface area contributed by atoms with Gasteiger partial charge < -0.3 is 15.0 Å². The number of rotatable bonds is 12. The van der Waals surface area contributed by atoms with Gasteiger partial charge in [0.2, 0.25) is 11.8 Å². The van der Waals surface area contributed by atoms with E-state index in [2.05, 4.69) is 5.32 Å². The van der Waals surface area contributed by atoms with Crippen LogP contribution in [0.15, 0.2) is 89.8 Å². The number of anilines is 1. The second-order valence-corrected chi connectivity index (χ2v) is 11.0. The maximum atomic E-state index is 13.8. The van der Waals surface area contributed by atoms with Gasteiger partial charge in [-0.1, -0.05) is 48.5 Å². The van der Waals surface area contributed by atoms with E-state index in [4.69, 9.17) is 4.74 Å². The van der Waals surface area contributed by atoms with Crippen LogP contribution < -0.4 is 14.4 Å². The van der Waals surface area contributed by atoms with Crippen molar-refractivity contribution in [3.63, 3.8) is 0 Å². The summed E-state index contributed by atoms with van der Waals surface area (Å²) in [4.78, 5) is 28.2. The second-order valence-electron chi connectivity index (χ2n) is 9.18. The minimum absolute atomic E-state index is 0.0602. The molecule has 0 bridgehead atoms. The van der Waals surface area contributed by atoms with Crippen LogP contribution in [-0.2, 0) is 26.0 Å². The molecule has 1 N–H and O–H groups in total. The number of nitrogens with zero attached hydrogens (tertiary/aromatic N) is 2. The predicted octanol–water partition coefficient (Wildman–Crippen LogP) is 3.87. The Hall–Kier alpha value is -3.85. The summed E-state index contributed by atoms with van der Waals surface area (Å²) < 4.78 is 33.7. The molecule has 0 aliphatic rings. The van der Waals surface area contributed by atoms with E-state index < -0.39 is 28.5 Å². The zero-order chi connectivity index (χ0) is 27.7. The molecule has 8 nitrogen and oxygen atoms in total. The number of hydrogen-bond acceptors (Lipinski definition) is 5. The molecule has 3 aromatic rings. The number of nitrogens with one attached hydrogen (secondary N) is 1. The first kappa shape index (κ1) is 28.7. The van der Waals surface area contributed by atoms with Crippen LogP contribution in [-0.4, -0.2) is 57.4 Å². The van der Waals surface area contributed by atoms with Crippen LogP contribution in [0.2, 0.25) is 0 Å². The largest absolute Gasteiger partial charge is 0.497 e. The molecule has 0 saturated heterocycles. The summed E-state index contributed by atoms with van der Waals surface area (Å²) in [6, 6.07) is 23.1. The third-order valence-electron chi connectivity index (χ3n) is 6.05. The number of benzene rings is 3. The average molecular weight is 538 g/mol. The number of carbonyl (C=O) groups excluding carboxylic acids is 2. The molecule has 3 rings (SSSR count). The first-order valence-corrected chi connectivity index (χ1v) is 13.9. The molecule has 38 heavy (non-hydrogen) atoms. The van der Waals surface area contributed by atoms with Gasteiger partial charge in [0.15, 0.2) is 0 Å². The first-order chi connectivity index (χ1) is 18.1. The number of sulfonamides is 1. The van der Waals surface area contributed by atoms with Crippen molar-refractivity contribution >= 4 is 27.5 Å². The Kier molecular flexibility index (Phi) is 9.90. The molecule has 0 spiro atoms. The Bertz CT molecular complexity index is 1300. The lowest BCUT2D eigenvalue weighted by molar-refractivity contribution is -0.139. The third kappa shape index (κ3) is 7.35. The fourth-order valence-electron chi connectivity index (χ4n) is 3.97. The molecule has 202 valence electrons. The zero-order valence-corrected chi connectivity index (χ0v) is 23.0. The van der Waals surface area contributed by atoms with Crippen molar-refractivity contribution < 1.29 is 22.7 Å². The predicted molar refractivity (Wildman–Crippen MR) is 149 cm³/mol. The lowest BCUT2D eigenvalue weighted by Gasteiger charge is -2.32. The molecule has 0 aliphatic carbocycles. The molecule has 0 aromatic heterocycles. The molecule has 1 atom stereocenters. The van der Waals surface area contributed by atoms with Crippen molar-refractivity contribution in [3.05, 3.63) is 90.5 Å². The fourth-order valence-corrected chi connectivity index (χ4v) is 5.41. The van der Waals surface area contributed by atoms with Crippen LogP contribution in [0, 0.1) is 0 Å². The maximum Gasteiger partial charge on any atom is 0.264 e.